The fourth-order valence-electron chi connectivity index (χ4n) is 4.33. The highest BCUT2D eigenvalue weighted by molar-refractivity contribution is 5.80. The lowest BCUT2D eigenvalue weighted by molar-refractivity contribution is 0.611. The Labute approximate surface area is 171 Å². The van der Waals surface area contributed by atoms with E-state index in [4.69, 9.17) is 0 Å². The van der Waals surface area contributed by atoms with Gasteiger partial charge in [-0.25, -0.2) is 9.37 Å². The molecule has 2 aromatic rings. The lowest BCUT2D eigenvalue weighted by Gasteiger charge is -2.26. The van der Waals surface area contributed by atoms with Gasteiger partial charge in [0.05, 0.1) is 0 Å². The Balaban J connectivity index is 1.27. The van der Waals surface area contributed by atoms with Crippen LogP contribution in [0.25, 0.3) is 0 Å². The monoisotopic (exact) mass is 396 g/mol. The first-order valence-electron chi connectivity index (χ1n) is 10.3. The van der Waals surface area contributed by atoms with Gasteiger partial charge in [-0.1, -0.05) is 18.2 Å². The maximum Gasteiger partial charge on any atom is 0.191 e. The van der Waals surface area contributed by atoms with E-state index in [2.05, 4.69) is 56.7 Å². The third kappa shape index (κ3) is 4.28. The molecule has 0 saturated carbocycles. The number of aliphatic imine (C=N–C) groups is 1. The Morgan fingerprint density at radius 2 is 2.14 bits per heavy atom. The Hall–Kier alpha value is -2.83. The molecule has 1 saturated heterocycles. The van der Waals surface area contributed by atoms with Crippen LogP contribution in [0.4, 0.5) is 15.9 Å². The molecule has 2 aliphatic heterocycles. The van der Waals surface area contributed by atoms with Gasteiger partial charge in [0.1, 0.15) is 0 Å². The maximum atomic E-state index is 14.0. The Bertz CT molecular complexity index is 870. The molecule has 0 aliphatic carbocycles. The van der Waals surface area contributed by atoms with E-state index in [1.165, 1.54) is 17.3 Å². The number of halogens is 1. The largest absolute Gasteiger partial charge is 0.367 e. The maximum absolute atomic E-state index is 14.0. The highest BCUT2D eigenvalue weighted by atomic mass is 19.1. The smallest absolute Gasteiger partial charge is 0.191 e. The van der Waals surface area contributed by atoms with Crippen LogP contribution in [0.1, 0.15) is 18.9 Å². The van der Waals surface area contributed by atoms with E-state index in [0.717, 1.165) is 38.4 Å². The molecule has 2 N–H and O–H groups in total. The second-order valence-corrected chi connectivity index (χ2v) is 7.76. The van der Waals surface area contributed by atoms with E-state index < -0.39 is 0 Å². The zero-order valence-electron chi connectivity index (χ0n) is 17.1. The van der Waals surface area contributed by atoms with Crippen molar-refractivity contribution in [2.24, 2.45) is 4.99 Å². The minimum atomic E-state index is -0.268. The van der Waals surface area contributed by atoms with Crippen molar-refractivity contribution >= 4 is 17.5 Å². The van der Waals surface area contributed by atoms with Crippen LogP contribution in [-0.4, -0.2) is 56.3 Å². The van der Waals surface area contributed by atoms with Crippen LogP contribution in [0.5, 0.6) is 0 Å². The quantitative estimate of drug-likeness (QED) is 0.601. The molecule has 0 spiro atoms. The molecule has 2 unspecified atom stereocenters. The van der Waals surface area contributed by atoms with E-state index in [0.29, 0.717) is 18.4 Å². The van der Waals surface area contributed by atoms with Crippen molar-refractivity contribution in [2.75, 3.05) is 43.0 Å². The van der Waals surface area contributed by atoms with Gasteiger partial charge in [0.15, 0.2) is 17.6 Å². The zero-order valence-corrected chi connectivity index (χ0v) is 17.1. The average Bonchev–Trinajstić information content (AvgIpc) is 3.31. The molecule has 0 bridgehead atoms. The fraction of sp³-hybridized carbons (Fsp3) is 0.455. The molecule has 0 amide bonds. The van der Waals surface area contributed by atoms with E-state index in [1.54, 1.807) is 19.3 Å². The number of nitrogens with one attached hydrogen (secondary N) is 2. The van der Waals surface area contributed by atoms with E-state index in [9.17, 15) is 4.39 Å². The summed E-state index contributed by atoms with van der Waals surface area (Å²) >= 11 is 0. The second kappa shape index (κ2) is 8.68. The molecule has 2 atom stereocenters. The summed E-state index contributed by atoms with van der Waals surface area (Å²) in [4.78, 5) is 13.0. The summed E-state index contributed by atoms with van der Waals surface area (Å²) < 4.78 is 14.0. The molecule has 3 heterocycles. The minimum Gasteiger partial charge on any atom is -0.367 e. The van der Waals surface area contributed by atoms with Crippen molar-refractivity contribution in [3.8, 4) is 0 Å². The predicted molar refractivity (Wildman–Crippen MR) is 116 cm³/mol. The molecule has 4 rings (SSSR count). The highest BCUT2D eigenvalue weighted by Gasteiger charge is 2.27. The van der Waals surface area contributed by atoms with Crippen molar-refractivity contribution in [2.45, 2.75) is 31.8 Å². The first-order valence-corrected chi connectivity index (χ1v) is 10.3. The summed E-state index contributed by atoms with van der Waals surface area (Å²) in [5.74, 6) is 0.954. The third-order valence-electron chi connectivity index (χ3n) is 5.78. The van der Waals surface area contributed by atoms with E-state index >= 15 is 0 Å². The van der Waals surface area contributed by atoms with Crippen molar-refractivity contribution in [1.29, 1.82) is 0 Å². The molecule has 154 valence electrons. The zero-order chi connectivity index (χ0) is 20.2. The van der Waals surface area contributed by atoms with Crippen LogP contribution in [0.2, 0.25) is 0 Å². The summed E-state index contributed by atoms with van der Waals surface area (Å²) in [6.07, 6.45) is 3.66. The Morgan fingerprint density at radius 3 is 2.97 bits per heavy atom. The molecule has 0 radical (unpaired) electrons. The predicted octanol–water partition coefficient (Wildman–Crippen LogP) is 2.42. The summed E-state index contributed by atoms with van der Waals surface area (Å²) in [5.41, 5.74) is 2.77. The first-order chi connectivity index (χ1) is 14.2. The number of benzene rings is 1. The second-order valence-electron chi connectivity index (χ2n) is 7.76. The minimum absolute atomic E-state index is 0.217. The van der Waals surface area contributed by atoms with Crippen LogP contribution in [0.15, 0.2) is 47.6 Å². The molecule has 1 aromatic heterocycles. The standard InChI is InChI=1S/C22H29FN6/c1-16-14-17-6-3-4-8-20(17)29(16)13-11-26-22(24-2)27-18-9-12-28(15-18)21-19(23)7-5-10-25-21/h3-8,10,16,18H,9,11-15H2,1-2H3,(H2,24,26,27). The highest BCUT2D eigenvalue weighted by Crippen LogP contribution is 2.31. The van der Waals surface area contributed by atoms with Gasteiger partial charge >= 0.3 is 0 Å². The normalized spacial score (nSPS) is 21.4. The topological polar surface area (TPSA) is 55.8 Å². The number of hydrogen-bond acceptors (Lipinski definition) is 4. The lowest BCUT2D eigenvalue weighted by Crippen LogP contribution is -2.47. The van der Waals surface area contributed by atoms with Crippen LogP contribution >= 0.6 is 0 Å². The number of aromatic nitrogens is 1. The Kier molecular flexibility index (Phi) is 5.83. The average molecular weight is 397 g/mol. The summed E-state index contributed by atoms with van der Waals surface area (Å²) in [5, 5.41) is 6.90. The molecule has 2 aliphatic rings. The van der Waals surface area contributed by atoms with Crippen molar-refractivity contribution in [1.82, 2.24) is 15.6 Å². The van der Waals surface area contributed by atoms with Gasteiger partial charge in [0.25, 0.3) is 0 Å². The molecule has 29 heavy (non-hydrogen) atoms. The molecule has 6 nitrogen and oxygen atoms in total. The molecule has 1 aromatic carbocycles. The third-order valence-corrected chi connectivity index (χ3v) is 5.78. The fourth-order valence-corrected chi connectivity index (χ4v) is 4.33. The number of fused-ring (bicyclic) bond motifs is 1. The van der Waals surface area contributed by atoms with Crippen LogP contribution < -0.4 is 20.4 Å². The van der Waals surface area contributed by atoms with Crippen LogP contribution in [0.3, 0.4) is 0 Å². The first kappa shape index (κ1) is 19.5. The Morgan fingerprint density at radius 1 is 1.28 bits per heavy atom. The van der Waals surface area contributed by atoms with Gasteiger partial charge in [-0.2, -0.15) is 0 Å². The number of pyridine rings is 1. The van der Waals surface area contributed by atoms with Gasteiger partial charge in [0.2, 0.25) is 0 Å². The number of rotatable bonds is 5. The van der Waals surface area contributed by atoms with Crippen molar-refractivity contribution in [3.63, 3.8) is 0 Å². The van der Waals surface area contributed by atoms with Crippen molar-refractivity contribution in [3.05, 3.63) is 54.0 Å². The molecular weight excluding hydrogens is 367 g/mol. The van der Waals surface area contributed by atoms with E-state index in [-0.39, 0.29) is 11.9 Å². The number of hydrogen-bond donors (Lipinski definition) is 2. The number of nitrogens with zero attached hydrogens (tertiary/aromatic N) is 4. The number of para-hydroxylation sites is 1. The lowest BCUT2D eigenvalue weighted by atomic mass is 10.1. The summed E-state index contributed by atoms with van der Waals surface area (Å²) in [6, 6.07) is 12.5. The van der Waals surface area contributed by atoms with Gasteiger partial charge < -0.3 is 20.4 Å². The van der Waals surface area contributed by atoms with Crippen LogP contribution in [-0.2, 0) is 6.42 Å². The number of anilines is 2. The molecule has 1 fully saturated rings. The van der Waals surface area contributed by atoms with Crippen molar-refractivity contribution < 1.29 is 4.39 Å². The van der Waals surface area contributed by atoms with Gasteiger partial charge in [-0.15, -0.1) is 0 Å². The summed E-state index contributed by atoms with van der Waals surface area (Å²) in [6.45, 7) is 5.51. The van der Waals surface area contributed by atoms with Gasteiger partial charge in [0, 0.05) is 57.2 Å². The SMILES string of the molecule is CN=C(NCCN1c2ccccc2CC1C)NC1CCN(c2ncccc2F)C1. The van der Waals surface area contributed by atoms with Crippen LogP contribution in [0, 0.1) is 5.82 Å². The van der Waals surface area contributed by atoms with E-state index in [1.807, 2.05) is 4.90 Å². The van der Waals surface area contributed by atoms with Gasteiger partial charge in [-0.3, -0.25) is 4.99 Å². The molecular formula is C22H29FN6. The number of guanidine groups is 1. The van der Waals surface area contributed by atoms with Gasteiger partial charge in [-0.05, 0) is 43.5 Å². The summed E-state index contributed by atoms with van der Waals surface area (Å²) in [7, 11) is 1.79. The molecule has 7 heteroatoms.